The number of likely N-dealkylation sites (N-methyl/N-ethyl adjacent to an activating group) is 1. The second-order valence-electron chi connectivity index (χ2n) is 7.00. The van der Waals surface area contributed by atoms with Crippen LogP contribution in [0.5, 0.6) is 0 Å². The van der Waals surface area contributed by atoms with E-state index >= 15 is 0 Å². The average molecular weight is 429 g/mol. The van der Waals surface area contributed by atoms with Crippen molar-refractivity contribution in [1.82, 2.24) is 9.29 Å². The number of hydrogen-bond acceptors (Lipinski definition) is 3. The standard InChI is InChI=1S/C18H22BrFN2O2S/c1-18(2,3)17(12-14-7-5-6-10-21-14)22(4)25(23,24)16-9-8-13(20)11-15(16)19/h5-11,17H,12H2,1-4H3/t17-/m0/s1. The highest BCUT2D eigenvalue weighted by Crippen LogP contribution is 2.32. The van der Waals surface area contributed by atoms with E-state index in [-0.39, 0.29) is 20.8 Å². The molecule has 1 heterocycles. The monoisotopic (exact) mass is 428 g/mol. The zero-order valence-corrected chi connectivity index (χ0v) is 17.1. The number of sulfonamides is 1. The summed E-state index contributed by atoms with van der Waals surface area (Å²) in [5.41, 5.74) is 0.508. The van der Waals surface area contributed by atoms with E-state index in [1.807, 2.05) is 39.0 Å². The first-order valence-electron chi connectivity index (χ1n) is 7.86. The molecule has 1 aromatic carbocycles. The van der Waals surface area contributed by atoms with Crippen LogP contribution in [0.2, 0.25) is 0 Å². The number of halogens is 2. The van der Waals surface area contributed by atoms with E-state index in [2.05, 4.69) is 20.9 Å². The average Bonchev–Trinajstić information content (AvgIpc) is 2.51. The van der Waals surface area contributed by atoms with E-state index in [9.17, 15) is 12.8 Å². The Morgan fingerprint density at radius 1 is 1.24 bits per heavy atom. The largest absolute Gasteiger partial charge is 0.261 e. The molecule has 1 atom stereocenters. The molecule has 25 heavy (non-hydrogen) atoms. The summed E-state index contributed by atoms with van der Waals surface area (Å²) in [6.07, 6.45) is 2.18. The third-order valence-electron chi connectivity index (χ3n) is 4.12. The fourth-order valence-electron chi connectivity index (χ4n) is 2.70. The zero-order chi connectivity index (χ0) is 18.8. The van der Waals surface area contributed by atoms with Gasteiger partial charge in [-0.15, -0.1) is 0 Å². The number of hydrogen-bond donors (Lipinski definition) is 0. The van der Waals surface area contributed by atoms with Gasteiger partial charge in [0.25, 0.3) is 0 Å². The maximum atomic E-state index is 13.3. The molecule has 7 heteroatoms. The SMILES string of the molecule is CN([C@@H](Cc1ccccn1)C(C)(C)C)S(=O)(=O)c1ccc(F)cc1Br. The minimum Gasteiger partial charge on any atom is -0.261 e. The predicted molar refractivity (Wildman–Crippen MR) is 100 cm³/mol. The van der Waals surface area contributed by atoms with Gasteiger partial charge in [0.2, 0.25) is 10.0 Å². The van der Waals surface area contributed by atoms with Gasteiger partial charge < -0.3 is 0 Å². The molecule has 0 unspecified atom stereocenters. The molecule has 2 rings (SSSR count). The van der Waals surface area contributed by atoms with E-state index in [1.54, 1.807) is 13.2 Å². The fourth-order valence-corrected chi connectivity index (χ4v) is 5.25. The molecule has 0 bridgehead atoms. The van der Waals surface area contributed by atoms with Gasteiger partial charge in [-0.25, -0.2) is 12.8 Å². The first kappa shape index (κ1) is 20.0. The molecule has 0 saturated carbocycles. The highest BCUT2D eigenvalue weighted by atomic mass is 79.9. The van der Waals surface area contributed by atoms with Gasteiger partial charge in [0.15, 0.2) is 0 Å². The second kappa shape index (κ2) is 7.51. The predicted octanol–water partition coefficient (Wildman–Crippen LogP) is 4.26. The molecule has 4 nitrogen and oxygen atoms in total. The molecule has 0 amide bonds. The van der Waals surface area contributed by atoms with Crippen molar-refractivity contribution in [3.63, 3.8) is 0 Å². The Morgan fingerprint density at radius 2 is 1.92 bits per heavy atom. The Labute approximate surface area is 157 Å². The lowest BCUT2D eigenvalue weighted by molar-refractivity contribution is 0.196. The lowest BCUT2D eigenvalue weighted by atomic mass is 9.84. The van der Waals surface area contributed by atoms with Gasteiger partial charge in [-0.1, -0.05) is 26.8 Å². The quantitative estimate of drug-likeness (QED) is 0.714. The zero-order valence-electron chi connectivity index (χ0n) is 14.7. The summed E-state index contributed by atoms with van der Waals surface area (Å²) in [6, 6.07) is 8.86. The Kier molecular flexibility index (Phi) is 6.01. The summed E-state index contributed by atoms with van der Waals surface area (Å²) < 4.78 is 41.1. The van der Waals surface area contributed by atoms with Crippen LogP contribution in [-0.4, -0.2) is 30.8 Å². The first-order chi connectivity index (χ1) is 11.5. The second-order valence-corrected chi connectivity index (χ2v) is 9.82. The van der Waals surface area contributed by atoms with Crippen LogP contribution in [-0.2, 0) is 16.4 Å². The summed E-state index contributed by atoms with van der Waals surface area (Å²) in [4.78, 5) is 4.37. The van der Waals surface area contributed by atoms with Gasteiger partial charge in [-0.3, -0.25) is 4.98 Å². The molecule has 0 aliphatic rings. The molecule has 0 N–H and O–H groups in total. The Bertz CT molecular complexity index is 836. The van der Waals surface area contributed by atoms with Crippen molar-refractivity contribution in [2.75, 3.05) is 7.05 Å². The maximum Gasteiger partial charge on any atom is 0.244 e. The van der Waals surface area contributed by atoms with Crippen LogP contribution in [0, 0.1) is 11.2 Å². The maximum absolute atomic E-state index is 13.3. The van der Waals surface area contributed by atoms with Crippen LogP contribution < -0.4 is 0 Å². The van der Waals surface area contributed by atoms with Crippen molar-refractivity contribution in [3.05, 3.63) is 58.6 Å². The summed E-state index contributed by atoms with van der Waals surface area (Å²) in [7, 11) is -2.24. The molecular weight excluding hydrogens is 407 g/mol. The molecule has 0 radical (unpaired) electrons. The summed E-state index contributed by atoms with van der Waals surface area (Å²) in [5, 5.41) is 0. The van der Waals surface area contributed by atoms with Gasteiger partial charge in [-0.2, -0.15) is 4.31 Å². The first-order valence-corrected chi connectivity index (χ1v) is 10.1. The molecular formula is C18H22BrFN2O2S. The van der Waals surface area contributed by atoms with Crippen LogP contribution in [0.25, 0.3) is 0 Å². The lowest BCUT2D eigenvalue weighted by Crippen LogP contribution is -2.46. The number of benzene rings is 1. The van der Waals surface area contributed by atoms with Gasteiger partial charge in [-0.05, 0) is 51.7 Å². The molecule has 136 valence electrons. The van der Waals surface area contributed by atoms with Crippen molar-refractivity contribution in [1.29, 1.82) is 0 Å². The van der Waals surface area contributed by atoms with Gasteiger partial charge >= 0.3 is 0 Å². The number of nitrogens with zero attached hydrogens (tertiary/aromatic N) is 2. The van der Waals surface area contributed by atoms with Crippen molar-refractivity contribution >= 4 is 26.0 Å². The van der Waals surface area contributed by atoms with Crippen LogP contribution in [0.3, 0.4) is 0 Å². The van der Waals surface area contributed by atoms with Gasteiger partial charge in [0.1, 0.15) is 5.82 Å². The Balaban J connectivity index is 2.43. The Morgan fingerprint density at radius 3 is 2.44 bits per heavy atom. The molecule has 2 aromatic rings. The highest BCUT2D eigenvalue weighted by Gasteiger charge is 2.36. The fraction of sp³-hybridized carbons (Fsp3) is 0.389. The van der Waals surface area contributed by atoms with Gasteiger partial charge in [0.05, 0.1) is 4.90 Å². The summed E-state index contributed by atoms with van der Waals surface area (Å²) in [5.74, 6) is -0.491. The number of rotatable bonds is 5. The van der Waals surface area contributed by atoms with E-state index in [4.69, 9.17) is 0 Å². The van der Waals surface area contributed by atoms with E-state index in [0.717, 1.165) is 17.8 Å². The molecule has 0 aliphatic carbocycles. The lowest BCUT2D eigenvalue weighted by Gasteiger charge is -2.37. The molecule has 0 aliphatic heterocycles. The van der Waals surface area contributed by atoms with E-state index in [1.165, 1.54) is 10.4 Å². The normalized spacial score (nSPS) is 13.9. The number of aromatic nitrogens is 1. The van der Waals surface area contributed by atoms with Crippen LogP contribution in [0.15, 0.2) is 52.0 Å². The Hall–Kier alpha value is -1.31. The van der Waals surface area contributed by atoms with Crippen molar-refractivity contribution in [2.45, 2.75) is 38.1 Å². The summed E-state index contributed by atoms with van der Waals surface area (Å²) >= 11 is 3.16. The van der Waals surface area contributed by atoms with Crippen LogP contribution in [0.4, 0.5) is 4.39 Å². The van der Waals surface area contributed by atoms with E-state index < -0.39 is 15.8 Å². The molecule has 0 fully saturated rings. The highest BCUT2D eigenvalue weighted by molar-refractivity contribution is 9.10. The van der Waals surface area contributed by atoms with Crippen LogP contribution in [0.1, 0.15) is 26.5 Å². The van der Waals surface area contributed by atoms with Crippen molar-refractivity contribution in [3.8, 4) is 0 Å². The third-order valence-corrected chi connectivity index (χ3v) is 6.96. The van der Waals surface area contributed by atoms with E-state index in [0.29, 0.717) is 6.42 Å². The van der Waals surface area contributed by atoms with Crippen molar-refractivity contribution in [2.24, 2.45) is 5.41 Å². The van der Waals surface area contributed by atoms with Crippen LogP contribution >= 0.6 is 15.9 Å². The van der Waals surface area contributed by atoms with Crippen molar-refractivity contribution < 1.29 is 12.8 Å². The topological polar surface area (TPSA) is 50.3 Å². The third kappa shape index (κ3) is 4.65. The van der Waals surface area contributed by atoms with Gasteiger partial charge in [0, 0.05) is 35.9 Å². The molecule has 1 aromatic heterocycles. The molecule has 0 saturated heterocycles. The minimum atomic E-state index is -3.80. The smallest absolute Gasteiger partial charge is 0.244 e. The minimum absolute atomic E-state index is 0.0478. The number of pyridine rings is 1. The summed E-state index contributed by atoms with van der Waals surface area (Å²) in [6.45, 7) is 5.98. The molecule has 0 spiro atoms.